The minimum atomic E-state index is -0.167. The lowest BCUT2D eigenvalue weighted by Gasteiger charge is -1.95. The highest BCUT2D eigenvalue weighted by Crippen LogP contribution is 2.14. The Morgan fingerprint density at radius 2 is 2.50 bits per heavy atom. The molecular weight excluding hydrogens is 158 g/mol. The van der Waals surface area contributed by atoms with Gasteiger partial charge in [0.1, 0.15) is 5.56 Å². The molecule has 1 rings (SSSR count). The maximum Gasteiger partial charge on any atom is 0.243 e. The van der Waals surface area contributed by atoms with Crippen molar-refractivity contribution in [1.82, 2.24) is 9.78 Å². The molecule has 0 radical (unpaired) electrons. The lowest BCUT2D eigenvalue weighted by molar-refractivity contribution is 0.0998. The zero-order valence-electron chi connectivity index (χ0n) is 7.07. The first-order valence-electron chi connectivity index (χ1n) is 3.50. The van der Waals surface area contributed by atoms with Gasteiger partial charge in [-0.25, -0.2) is 0 Å². The summed E-state index contributed by atoms with van der Waals surface area (Å²) >= 11 is 0. The molecule has 0 aliphatic carbocycles. The fraction of sp³-hybridized carbons (Fsp3) is 0.429. The highest BCUT2D eigenvalue weighted by molar-refractivity contribution is 5.99. The molecule has 5 nitrogen and oxygen atoms in total. The van der Waals surface area contributed by atoms with E-state index in [1.165, 1.54) is 11.8 Å². The van der Waals surface area contributed by atoms with Gasteiger partial charge in [-0.05, 0) is 0 Å². The number of aromatic nitrogens is 2. The molecule has 0 aliphatic heterocycles. The number of hydrogen-bond acceptors (Lipinski definition) is 4. The molecule has 0 amide bonds. The van der Waals surface area contributed by atoms with E-state index in [0.717, 1.165) is 0 Å². The standard InChI is InChI=1S/C7H11N3O2/c1-10-4-5(6(11)3-8)7(9-10)12-2/h4H,3,8H2,1-2H3. The number of aryl methyl sites for hydroxylation is 1. The Hall–Kier alpha value is -1.36. The molecule has 0 atom stereocenters. The quantitative estimate of drug-likeness (QED) is 0.623. The van der Waals surface area contributed by atoms with Crippen LogP contribution in [0.1, 0.15) is 10.4 Å². The van der Waals surface area contributed by atoms with Crippen LogP contribution in [0.5, 0.6) is 5.88 Å². The second kappa shape index (κ2) is 3.36. The van der Waals surface area contributed by atoms with Crippen molar-refractivity contribution in [3.8, 4) is 5.88 Å². The van der Waals surface area contributed by atoms with E-state index in [-0.39, 0.29) is 12.3 Å². The molecule has 12 heavy (non-hydrogen) atoms. The first-order valence-corrected chi connectivity index (χ1v) is 3.50. The Balaban J connectivity index is 3.04. The van der Waals surface area contributed by atoms with Crippen LogP contribution in [0, 0.1) is 0 Å². The smallest absolute Gasteiger partial charge is 0.243 e. The number of ether oxygens (including phenoxy) is 1. The first-order chi connectivity index (χ1) is 5.69. The molecule has 2 N–H and O–H groups in total. The second-order valence-electron chi connectivity index (χ2n) is 2.35. The van der Waals surface area contributed by atoms with E-state index in [4.69, 9.17) is 10.5 Å². The van der Waals surface area contributed by atoms with Gasteiger partial charge >= 0.3 is 0 Å². The molecule has 66 valence electrons. The van der Waals surface area contributed by atoms with Gasteiger partial charge in [-0.3, -0.25) is 9.48 Å². The van der Waals surface area contributed by atoms with E-state index < -0.39 is 0 Å². The molecule has 1 heterocycles. The second-order valence-corrected chi connectivity index (χ2v) is 2.35. The van der Waals surface area contributed by atoms with Crippen LogP contribution < -0.4 is 10.5 Å². The maximum absolute atomic E-state index is 11.1. The summed E-state index contributed by atoms with van der Waals surface area (Å²) in [5, 5.41) is 3.92. The van der Waals surface area contributed by atoms with Gasteiger partial charge in [0.05, 0.1) is 13.7 Å². The first kappa shape index (κ1) is 8.73. The van der Waals surface area contributed by atoms with Crippen molar-refractivity contribution in [3.63, 3.8) is 0 Å². The van der Waals surface area contributed by atoms with Crippen LogP contribution in [0.25, 0.3) is 0 Å². The molecule has 1 aromatic rings. The predicted octanol–water partition coefficient (Wildman–Crippen LogP) is -0.430. The number of carbonyl (C=O) groups is 1. The van der Waals surface area contributed by atoms with Crippen molar-refractivity contribution < 1.29 is 9.53 Å². The van der Waals surface area contributed by atoms with Gasteiger partial charge in [0.15, 0.2) is 5.78 Å². The summed E-state index contributed by atoms with van der Waals surface area (Å²) in [5.41, 5.74) is 5.63. The Bertz CT molecular complexity index is 293. The third kappa shape index (κ3) is 1.45. The molecule has 0 saturated carbocycles. The van der Waals surface area contributed by atoms with Gasteiger partial charge in [-0.15, -0.1) is 5.10 Å². The van der Waals surface area contributed by atoms with Crippen LogP contribution in [0.4, 0.5) is 0 Å². The van der Waals surface area contributed by atoms with E-state index in [2.05, 4.69) is 5.10 Å². The summed E-state index contributed by atoms with van der Waals surface area (Å²) in [6.07, 6.45) is 1.59. The molecular formula is C7H11N3O2. The van der Waals surface area contributed by atoms with Gasteiger partial charge < -0.3 is 10.5 Å². The predicted molar refractivity (Wildman–Crippen MR) is 43.1 cm³/mol. The molecule has 5 heteroatoms. The number of nitrogens with zero attached hydrogens (tertiary/aromatic N) is 2. The van der Waals surface area contributed by atoms with Crippen molar-refractivity contribution in [2.24, 2.45) is 12.8 Å². The number of rotatable bonds is 3. The largest absolute Gasteiger partial charge is 0.479 e. The number of Topliss-reactive ketones (excluding diaryl/α,β-unsaturated/α-hetero) is 1. The van der Waals surface area contributed by atoms with Crippen molar-refractivity contribution in [3.05, 3.63) is 11.8 Å². The van der Waals surface area contributed by atoms with Crippen molar-refractivity contribution in [2.45, 2.75) is 0 Å². The average molecular weight is 169 g/mol. The van der Waals surface area contributed by atoms with Gasteiger partial charge in [0.2, 0.25) is 5.88 Å². The topological polar surface area (TPSA) is 70.1 Å². The molecule has 0 aromatic carbocycles. The summed E-state index contributed by atoms with van der Waals surface area (Å²) in [7, 11) is 3.19. The van der Waals surface area contributed by atoms with E-state index in [0.29, 0.717) is 11.4 Å². The average Bonchev–Trinajstić information content (AvgIpc) is 2.45. The van der Waals surface area contributed by atoms with Crippen LogP contribution in [0.3, 0.4) is 0 Å². The summed E-state index contributed by atoms with van der Waals surface area (Å²) in [4.78, 5) is 11.1. The van der Waals surface area contributed by atoms with E-state index >= 15 is 0 Å². The van der Waals surface area contributed by atoms with Gasteiger partial charge in [-0.1, -0.05) is 0 Å². The lowest BCUT2D eigenvalue weighted by Crippen LogP contribution is -2.13. The summed E-state index contributed by atoms with van der Waals surface area (Å²) in [6, 6.07) is 0. The van der Waals surface area contributed by atoms with Gasteiger partial charge in [-0.2, -0.15) is 0 Å². The fourth-order valence-corrected chi connectivity index (χ4v) is 0.920. The van der Waals surface area contributed by atoms with Crippen molar-refractivity contribution in [2.75, 3.05) is 13.7 Å². The van der Waals surface area contributed by atoms with Crippen LogP contribution in [-0.4, -0.2) is 29.2 Å². The third-order valence-electron chi connectivity index (χ3n) is 1.47. The van der Waals surface area contributed by atoms with Crippen LogP contribution in [0.15, 0.2) is 6.20 Å². The van der Waals surface area contributed by atoms with E-state index in [1.807, 2.05) is 0 Å². The number of hydrogen-bond donors (Lipinski definition) is 1. The third-order valence-corrected chi connectivity index (χ3v) is 1.47. The molecule has 0 aliphatic rings. The summed E-state index contributed by atoms with van der Waals surface area (Å²) in [5.74, 6) is 0.160. The highest BCUT2D eigenvalue weighted by Gasteiger charge is 2.13. The molecule has 0 spiro atoms. The van der Waals surface area contributed by atoms with Gasteiger partial charge in [0.25, 0.3) is 0 Å². The Kier molecular flexibility index (Phi) is 2.44. The van der Waals surface area contributed by atoms with Crippen LogP contribution in [-0.2, 0) is 7.05 Å². The number of nitrogens with two attached hydrogens (primary N) is 1. The molecule has 0 fully saturated rings. The highest BCUT2D eigenvalue weighted by atomic mass is 16.5. The van der Waals surface area contributed by atoms with E-state index in [9.17, 15) is 4.79 Å². The normalized spacial score (nSPS) is 9.92. The minimum absolute atomic E-state index is 0.0257. The summed E-state index contributed by atoms with van der Waals surface area (Å²) in [6.45, 7) is -0.0257. The van der Waals surface area contributed by atoms with Crippen LogP contribution >= 0.6 is 0 Å². The lowest BCUT2D eigenvalue weighted by atomic mass is 10.2. The minimum Gasteiger partial charge on any atom is -0.479 e. The molecule has 0 bridgehead atoms. The molecule has 0 unspecified atom stereocenters. The van der Waals surface area contributed by atoms with E-state index in [1.54, 1.807) is 13.2 Å². The maximum atomic E-state index is 11.1. The Morgan fingerprint density at radius 1 is 1.83 bits per heavy atom. The van der Waals surface area contributed by atoms with Crippen LogP contribution in [0.2, 0.25) is 0 Å². The number of ketones is 1. The van der Waals surface area contributed by atoms with Crippen molar-refractivity contribution in [1.29, 1.82) is 0 Å². The Labute approximate surface area is 70.1 Å². The SMILES string of the molecule is COc1nn(C)cc1C(=O)CN. The van der Waals surface area contributed by atoms with Crippen molar-refractivity contribution >= 4 is 5.78 Å². The number of carbonyl (C=O) groups excluding carboxylic acids is 1. The monoisotopic (exact) mass is 169 g/mol. The summed E-state index contributed by atoms with van der Waals surface area (Å²) < 4.78 is 6.40. The molecule has 1 aromatic heterocycles. The van der Waals surface area contributed by atoms with Gasteiger partial charge in [0, 0.05) is 13.2 Å². The Morgan fingerprint density at radius 3 is 3.00 bits per heavy atom. The molecule has 0 saturated heterocycles. The zero-order chi connectivity index (χ0) is 9.14. The number of methoxy groups -OCH3 is 1. The fourth-order valence-electron chi connectivity index (χ4n) is 0.920. The zero-order valence-corrected chi connectivity index (χ0v) is 7.07.